The van der Waals surface area contributed by atoms with Crippen LogP contribution in [-0.4, -0.2) is 54.0 Å². The predicted molar refractivity (Wildman–Crippen MR) is 127 cm³/mol. The molecular formula is C26H33N3O5. The maximum atomic E-state index is 13.0. The first-order valence-electron chi connectivity index (χ1n) is 11.6. The molecule has 1 amide bonds. The lowest BCUT2D eigenvalue weighted by Crippen LogP contribution is -2.35. The molecule has 2 aromatic heterocycles. The van der Waals surface area contributed by atoms with E-state index in [-0.39, 0.29) is 17.9 Å². The number of hydrogen-bond acceptors (Lipinski definition) is 7. The molecule has 0 aliphatic carbocycles. The summed E-state index contributed by atoms with van der Waals surface area (Å²) < 4.78 is 22.7. The first-order chi connectivity index (χ1) is 16.3. The average molecular weight is 468 g/mol. The van der Waals surface area contributed by atoms with Gasteiger partial charge in [0, 0.05) is 37.7 Å². The van der Waals surface area contributed by atoms with E-state index in [2.05, 4.69) is 30.7 Å². The number of oxazole rings is 1. The van der Waals surface area contributed by atoms with Gasteiger partial charge in [-0.1, -0.05) is 26.8 Å². The summed E-state index contributed by atoms with van der Waals surface area (Å²) in [5, 5.41) is 0. The normalized spacial score (nSPS) is 15.2. The number of carbonyl (C=O) groups excluding carboxylic acids is 1. The summed E-state index contributed by atoms with van der Waals surface area (Å²) in [6, 6.07) is 10.9. The Morgan fingerprint density at radius 1 is 1.06 bits per heavy atom. The Morgan fingerprint density at radius 3 is 2.65 bits per heavy atom. The van der Waals surface area contributed by atoms with E-state index >= 15 is 0 Å². The van der Waals surface area contributed by atoms with Crippen molar-refractivity contribution in [2.24, 2.45) is 0 Å². The van der Waals surface area contributed by atoms with Crippen LogP contribution in [0.2, 0.25) is 0 Å². The number of hydrogen-bond donors (Lipinski definition) is 0. The Kier molecular flexibility index (Phi) is 7.26. The van der Waals surface area contributed by atoms with Crippen molar-refractivity contribution in [2.75, 3.05) is 33.3 Å². The topological polar surface area (TPSA) is 81.2 Å². The SMILES string of the molecule is COc1cccc(OCc2ccc(C(=O)N3CCCN(Cc4ncc(C(C)(C)C)o4)CC3)o2)c1. The minimum Gasteiger partial charge on any atom is -0.497 e. The lowest BCUT2D eigenvalue weighted by atomic mass is 9.94. The number of rotatable bonds is 7. The highest BCUT2D eigenvalue weighted by Gasteiger charge is 2.24. The molecular weight excluding hydrogens is 434 g/mol. The van der Waals surface area contributed by atoms with Gasteiger partial charge in [-0.2, -0.15) is 0 Å². The molecule has 4 rings (SSSR count). The number of ether oxygens (including phenoxy) is 2. The molecule has 0 saturated carbocycles. The van der Waals surface area contributed by atoms with E-state index < -0.39 is 0 Å². The van der Waals surface area contributed by atoms with Gasteiger partial charge in [-0.05, 0) is 30.7 Å². The van der Waals surface area contributed by atoms with Gasteiger partial charge in [-0.15, -0.1) is 0 Å². The highest BCUT2D eigenvalue weighted by molar-refractivity contribution is 5.91. The molecule has 8 nitrogen and oxygen atoms in total. The summed E-state index contributed by atoms with van der Waals surface area (Å²) in [6.07, 6.45) is 2.70. The van der Waals surface area contributed by atoms with Crippen molar-refractivity contribution >= 4 is 5.91 Å². The minimum atomic E-state index is -0.0966. The zero-order chi connectivity index (χ0) is 24.1. The summed E-state index contributed by atoms with van der Waals surface area (Å²) in [4.78, 5) is 21.6. The van der Waals surface area contributed by atoms with Crippen molar-refractivity contribution in [1.82, 2.24) is 14.8 Å². The Morgan fingerprint density at radius 2 is 1.88 bits per heavy atom. The van der Waals surface area contributed by atoms with E-state index in [0.717, 1.165) is 36.9 Å². The molecule has 3 heterocycles. The second-order valence-corrected chi connectivity index (χ2v) is 9.52. The monoisotopic (exact) mass is 467 g/mol. The predicted octanol–water partition coefficient (Wildman–Crippen LogP) is 4.50. The van der Waals surface area contributed by atoms with Gasteiger partial charge in [0.15, 0.2) is 5.76 Å². The molecule has 0 spiro atoms. The number of carbonyl (C=O) groups is 1. The first-order valence-corrected chi connectivity index (χ1v) is 11.6. The standard InChI is InChI=1S/C26H33N3O5/c1-26(2,3)23-16-27-24(34-23)17-28-11-6-12-29(14-13-28)25(30)22-10-9-21(33-22)18-32-20-8-5-7-19(15-20)31-4/h5,7-10,15-16H,6,11-14,17-18H2,1-4H3. The summed E-state index contributed by atoms with van der Waals surface area (Å²) in [5.74, 6) is 3.84. The highest BCUT2D eigenvalue weighted by atomic mass is 16.5. The summed E-state index contributed by atoms with van der Waals surface area (Å²) in [6.45, 7) is 10.2. The van der Waals surface area contributed by atoms with E-state index in [0.29, 0.717) is 36.9 Å². The molecule has 182 valence electrons. The smallest absolute Gasteiger partial charge is 0.289 e. The maximum Gasteiger partial charge on any atom is 0.289 e. The van der Waals surface area contributed by atoms with Gasteiger partial charge in [-0.3, -0.25) is 9.69 Å². The van der Waals surface area contributed by atoms with Crippen LogP contribution < -0.4 is 9.47 Å². The molecule has 1 fully saturated rings. The maximum absolute atomic E-state index is 13.0. The molecule has 0 unspecified atom stereocenters. The molecule has 0 N–H and O–H groups in total. The zero-order valence-electron chi connectivity index (χ0n) is 20.4. The van der Waals surface area contributed by atoms with Gasteiger partial charge in [-0.25, -0.2) is 4.98 Å². The third kappa shape index (κ3) is 5.99. The molecule has 3 aromatic rings. The van der Waals surface area contributed by atoms with Crippen molar-refractivity contribution in [3.8, 4) is 11.5 Å². The fraction of sp³-hybridized carbons (Fsp3) is 0.462. The largest absolute Gasteiger partial charge is 0.497 e. The van der Waals surface area contributed by atoms with Crippen molar-refractivity contribution in [1.29, 1.82) is 0 Å². The number of methoxy groups -OCH3 is 1. The Balaban J connectivity index is 1.29. The van der Waals surface area contributed by atoms with Gasteiger partial charge in [0.2, 0.25) is 5.89 Å². The number of benzene rings is 1. The summed E-state index contributed by atoms with van der Waals surface area (Å²) in [7, 11) is 1.61. The third-order valence-electron chi connectivity index (χ3n) is 5.82. The molecule has 1 aliphatic heterocycles. The van der Waals surface area contributed by atoms with Crippen molar-refractivity contribution in [3.63, 3.8) is 0 Å². The number of nitrogens with zero attached hydrogens (tertiary/aromatic N) is 3. The van der Waals surface area contributed by atoms with Crippen molar-refractivity contribution in [2.45, 2.75) is 45.8 Å². The van der Waals surface area contributed by atoms with Crippen molar-refractivity contribution in [3.05, 3.63) is 65.8 Å². The molecule has 34 heavy (non-hydrogen) atoms. The first kappa shape index (κ1) is 23.9. The lowest BCUT2D eigenvalue weighted by molar-refractivity contribution is 0.0724. The Bertz CT molecular complexity index is 1100. The second-order valence-electron chi connectivity index (χ2n) is 9.52. The van der Waals surface area contributed by atoms with Crippen LogP contribution in [-0.2, 0) is 18.6 Å². The van der Waals surface area contributed by atoms with Gasteiger partial charge in [0.1, 0.15) is 29.6 Å². The Hall–Kier alpha value is -3.26. The van der Waals surface area contributed by atoms with Crippen LogP contribution in [0.25, 0.3) is 0 Å². The van der Waals surface area contributed by atoms with E-state index in [1.807, 2.05) is 29.3 Å². The van der Waals surface area contributed by atoms with Crippen molar-refractivity contribution < 1.29 is 23.1 Å². The Labute approximate surface area is 200 Å². The van der Waals surface area contributed by atoms with Gasteiger partial charge < -0.3 is 23.2 Å². The van der Waals surface area contributed by atoms with Crippen LogP contribution in [0.15, 0.2) is 51.4 Å². The van der Waals surface area contributed by atoms with Crippen LogP contribution in [0, 0.1) is 0 Å². The quantitative estimate of drug-likeness (QED) is 0.506. The molecule has 0 radical (unpaired) electrons. The van der Waals surface area contributed by atoms with Crippen LogP contribution in [0.4, 0.5) is 0 Å². The minimum absolute atomic E-state index is 0.0614. The highest BCUT2D eigenvalue weighted by Crippen LogP contribution is 2.24. The van der Waals surface area contributed by atoms with E-state index in [4.69, 9.17) is 18.3 Å². The third-order valence-corrected chi connectivity index (χ3v) is 5.82. The zero-order valence-corrected chi connectivity index (χ0v) is 20.4. The van der Waals surface area contributed by atoms with Crippen LogP contribution in [0.5, 0.6) is 11.5 Å². The summed E-state index contributed by atoms with van der Waals surface area (Å²) in [5.41, 5.74) is -0.0614. The van der Waals surface area contributed by atoms with Gasteiger partial charge in [0.05, 0.1) is 19.9 Å². The number of aromatic nitrogens is 1. The second kappa shape index (κ2) is 10.3. The van der Waals surface area contributed by atoms with E-state index in [9.17, 15) is 4.79 Å². The molecule has 1 saturated heterocycles. The lowest BCUT2D eigenvalue weighted by Gasteiger charge is -2.20. The van der Waals surface area contributed by atoms with E-state index in [1.54, 1.807) is 25.3 Å². The number of furan rings is 1. The molecule has 0 atom stereocenters. The molecule has 1 aromatic carbocycles. The molecule has 1 aliphatic rings. The number of amides is 1. The van der Waals surface area contributed by atoms with Crippen LogP contribution in [0.1, 0.15) is 55.2 Å². The average Bonchev–Trinajstić information content (AvgIpc) is 3.43. The van der Waals surface area contributed by atoms with Crippen LogP contribution >= 0.6 is 0 Å². The fourth-order valence-corrected chi connectivity index (χ4v) is 3.83. The molecule has 0 bridgehead atoms. The van der Waals surface area contributed by atoms with E-state index in [1.165, 1.54) is 0 Å². The van der Waals surface area contributed by atoms with Gasteiger partial charge >= 0.3 is 0 Å². The van der Waals surface area contributed by atoms with Crippen LogP contribution in [0.3, 0.4) is 0 Å². The summed E-state index contributed by atoms with van der Waals surface area (Å²) >= 11 is 0. The molecule has 8 heteroatoms. The van der Waals surface area contributed by atoms with Gasteiger partial charge in [0.25, 0.3) is 5.91 Å². The fourth-order valence-electron chi connectivity index (χ4n) is 3.83.